The van der Waals surface area contributed by atoms with Gasteiger partial charge in [0.05, 0.1) is 23.7 Å². The average molecular weight is 524 g/mol. The summed E-state index contributed by atoms with van der Waals surface area (Å²) in [6.45, 7) is 1.50. The van der Waals surface area contributed by atoms with E-state index in [9.17, 15) is 9.59 Å². The third kappa shape index (κ3) is 3.68. The first-order valence-corrected chi connectivity index (χ1v) is 12.8. The highest BCUT2D eigenvalue weighted by atomic mass is 16.2. The third-order valence-electron chi connectivity index (χ3n) is 7.81. The molecule has 2 saturated heterocycles. The van der Waals surface area contributed by atoms with E-state index in [0.717, 1.165) is 24.0 Å². The van der Waals surface area contributed by atoms with Crippen LogP contribution in [0.4, 0.5) is 5.82 Å². The van der Waals surface area contributed by atoms with Gasteiger partial charge in [0.25, 0.3) is 5.91 Å². The molecule has 13 nitrogen and oxygen atoms in total. The summed E-state index contributed by atoms with van der Waals surface area (Å²) in [5, 5.41) is 16.6. The van der Waals surface area contributed by atoms with Crippen molar-refractivity contribution >= 4 is 23.2 Å². The molecule has 5 aromatic rings. The molecule has 13 heteroatoms. The molecule has 2 aliphatic rings. The number of H-pyrrole nitrogens is 1. The van der Waals surface area contributed by atoms with Gasteiger partial charge in [0.2, 0.25) is 5.82 Å². The van der Waals surface area contributed by atoms with Gasteiger partial charge in [-0.25, -0.2) is 14.6 Å². The van der Waals surface area contributed by atoms with Crippen LogP contribution in [0.15, 0.2) is 49.3 Å². The molecule has 0 aliphatic carbocycles. The second-order valence-electron chi connectivity index (χ2n) is 10.1. The summed E-state index contributed by atoms with van der Waals surface area (Å²) in [5.74, 6) is 0.855. The summed E-state index contributed by atoms with van der Waals surface area (Å²) in [6.07, 6.45) is 11.5. The Balaban J connectivity index is 1.27. The minimum absolute atomic E-state index is 0.0198. The SMILES string of the molecule is CC(=O)c1c([C@@H]2C[C@H]3CC[C@@H](C2)N3C(=O)c2nnc[nH]2)nc2c(-c3cnn(-c4ccccn4)c3)cnn2c1N. The van der Waals surface area contributed by atoms with Gasteiger partial charge in [0, 0.05) is 41.5 Å². The van der Waals surface area contributed by atoms with E-state index in [2.05, 4.69) is 30.4 Å². The standard InChI is InChI=1S/C26H25N11O2/c1-14(38)21-22(15-8-17-5-6-18(9-15)36(17)26(39)24-29-13-30-34-24)33-25-19(11-32-37(25)23(21)27)16-10-31-35(12-16)20-4-2-3-7-28-20/h2-4,7,10-13,15,17-18H,5-6,8-9,27H2,1H3,(H,29,30,34)/t15-,17-,18+. The maximum absolute atomic E-state index is 13.1. The molecular weight excluding hydrogens is 498 g/mol. The Labute approximate surface area is 222 Å². The summed E-state index contributed by atoms with van der Waals surface area (Å²) in [6, 6.07) is 5.65. The molecule has 0 radical (unpaired) electrons. The smallest absolute Gasteiger partial charge is 0.292 e. The number of aromatic amines is 1. The molecule has 2 fully saturated rings. The fraction of sp³-hybridized carbons (Fsp3) is 0.308. The Morgan fingerprint density at radius 3 is 2.62 bits per heavy atom. The van der Waals surface area contributed by atoms with Crippen molar-refractivity contribution < 1.29 is 9.59 Å². The van der Waals surface area contributed by atoms with E-state index >= 15 is 0 Å². The highest BCUT2D eigenvalue weighted by molar-refractivity contribution is 6.00. The zero-order valence-electron chi connectivity index (χ0n) is 21.1. The molecule has 3 atom stereocenters. The van der Waals surface area contributed by atoms with Crippen molar-refractivity contribution in [1.29, 1.82) is 0 Å². The largest absolute Gasteiger partial charge is 0.383 e. The lowest BCUT2D eigenvalue weighted by atomic mass is 9.85. The van der Waals surface area contributed by atoms with Crippen LogP contribution in [-0.2, 0) is 0 Å². The number of fused-ring (bicyclic) bond motifs is 3. The fourth-order valence-corrected chi connectivity index (χ4v) is 6.13. The van der Waals surface area contributed by atoms with Gasteiger partial charge in [-0.2, -0.15) is 14.7 Å². The lowest BCUT2D eigenvalue weighted by Crippen LogP contribution is -2.46. The summed E-state index contributed by atoms with van der Waals surface area (Å²) < 4.78 is 3.21. The number of Topliss-reactive ketones (excluding diaryl/α,β-unsaturated/α-hetero) is 1. The van der Waals surface area contributed by atoms with Gasteiger partial charge in [-0.3, -0.25) is 9.59 Å². The minimum atomic E-state index is -0.163. The van der Waals surface area contributed by atoms with Crippen LogP contribution < -0.4 is 5.73 Å². The number of carbonyl (C=O) groups excluding carboxylic acids is 2. The molecule has 3 N–H and O–H groups in total. The van der Waals surface area contributed by atoms with Crippen LogP contribution >= 0.6 is 0 Å². The van der Waals surface area contributed by atoms with Gasteiger partial charge in [-0.05, 0) is 44.7 Å². The molecule has 7 rings (SSSR count). The zero-order chi connectivity index (χ0) is 26.7. The lowest BCUT2D eigenvalue weighted by molar-refractivity contribution is 0.0556. The summed E-state index contributed by atoms with van der Waals surface area (Å²) in [5.41, 5.74) is 9.73. The molecule has 0 spiro atoms. The first-order valence-electron chi connectivity index (χ1n) is 12.8. The highest BCUT2D eigenvalue weighted by Gasteiger charge is 2.45. The van der Waals surface area contributed by atoms with Crippen molar-refractivity contribution in [2.75, 3.05) is 5.73 Å². The number of rotatable bonds is 5. The summed E-state index contributed by atoms with van der Waals surface area (Å²) >= 11 is 0. The topological polar surface area (TPSA) is 166 Å². The van der Waals surface area contributed by atoms with Crippen LogP contribution in [0.3, 0.4) is 0 Å². The number of ketones is 1. The minimum Gasteiger partial charge on any atom is -0.383 e. The van der Waals surface area contributed by atoms with E-state index in [1.807, 2.05) is 29.3 Å². The zero-order valence-corrected chi connectivity index (χ0v) is 21.1. The Hall–Kier alpha value is -4.94. The van der Waals surface area contributed by atoms with Crippen molar-refractivity contribution in [1.82, 2.24) is 49.4 Å². The fourth-order valence-electron chi connectivity index (χ4n) is 6.13. The Kier molecular flexibility index (Phi) is 5.25. The number of amides is 1. The number of hydrogen-bond donors (Lipinski definition) is 2. The van der Waals surface area contributed by atoms with E-state index in [-0.39, 0.29) is 41.3 Å². The van der Waals surface area contributed by atoms with Gasteiger partial charge >= 0.3 is 0 Å². The van der Waals surface area contributed by atoms with Gasteiger partial charge in [0.15, 0.2) is 17.2 Å². The molecule has 0 aromatic carbocycles. The Morgan fingerprint density at radius 1 is 1.10 bits per heavy atom. The van der Waals surface area contributed by atoms with Gasteiger partial charge < -0.3 is 15.6 Å². The number of anilines is 1. The van der Waals surface area contributed by atoms with Crippen LogP contribution in [-0.4, -0.2) is 73.2 Å². The van der Waals surface area contributed by atoms with E-state index in [1.54, 1.807) is 23.3 Å². The van der Waals surface area contributed by atoms with E-state index in [4.69, 9.17) is 10.7 Å². The van der Waals surface area contributed by atoms with Crippen LogP contribution in [0.25, 0.3) is 22.6 Å². The molecule has 0 unspecified atom stereocenters. The summed E-state index contributed by atoms with van der Waals surface area (Å²) in [7, 11) is 0. The first kappa shape index (κ1) is 23.2. The van der Waals surface area contributed by atoms with Crippen molar-refractivity contribution in [2.24, 2.45) is 0 Å². The van der Waals surface area contributed by atoms with E-state index in [0.29, 0.717) is 35.6 Å². The van der Waals surface area contributed by atoms with E-state index in [1.165, 1.54) is 17.8 Å². The Morgan fingerprint density at radius 2 is 1.92 bits per heavy atom. The maximum atomic E-state index is 13.1. The lowest BCUT2D eigenvalue weighted by Gasteiger charge is -2.38. The monoisotopic (exact) mass is 523 g/mol. The Bertz CT molecular complexity index is 1690. The number of aromatic nitrogens is 9. The molecule has 2 aliphatic heterocycles. The van der Waals surface area contributed by atoms with Gasteiger partial charge in [0.1, 0.15) is 12.1 Å². The first-order chi connectivity index (χ1) is 19.0. The summed E-state index contributed by atoms with van der Waals surface area (Å²) in [4.78, 5) is 40.1. The predicted molar refractivity (Wildman–Crippen MR) is 139 cm³/mol. The predicted octanol–water partition coefficient (Wildman–Crippen LogP) is 2.43. The van der Waals surface area contributed by atoms with Crippen molar-refractivity contribution in [3.63, 3.8) is 0 Å². The van der Waals surface area contributed by atoms with Crippen LogP contribution in [0.5, 0.6) is 0 Å². The van der Waals surface area contributed by atoms with Gasteiger partial charge in [-0.1, -0.05) is 6.07 Å². The molecule has 196 valence electrons. The van der Waals surface area contributed by atoms with Crippen LogP contribution in [0.2, 0.25) is 0 Å². The number of nitrogen functional groups attached to an aromatic ring is 1. The molecule has 0 saturated carbocycles. The average Bonchev–Trinajstić information content (AvgIpc) is 3.74. The van der Waals surface area contributed by atoms with Crippen molar-refractivity contribution in [3.8, 4) is 16.9 Å². The number of carbonyl (C=O) groups is 2. The second kappa shape index (κ2) is 8.82. The molecule has 7 heterocycles. The highest BCUT2D eigenvalue weighted by Crippen LogP contribution is 2.45. The molecule has 5 aromatic heterocycles. The number of pyridine rings is 1. The molecule has 2 bridgehead atoms. The normalized spacial score (nSPS) is 20.5. The number of piperidine rings is 1. The molecule has 1 amide bonds. The van der Waals surface area contributed by atoms with Gasteiger partial charge in [-0.15, -0.1) is 10.2 Å². The molecule has 39 heavy (non-hydrogen) atoms. The van der Waals surface area contributed by atoms with E-state index < -0.39 is 0 Å². The maximum Gasteiger partial charge on any atom is 0.292 e. The third-order valence-corrected chi connectivity index (χ3v) is 7.81. The quantitative estimate of drug-likeness (QED) is 0.329. The van der Waals surface area contributed by atoms with Crippen LogP contribution in [0.1, 0.15) is 65.2 Å². The number of hydrogen-bond acceptors (Lipinski definition) is 9. The second-order valence-corrected chi connectivity index (χ2v) is 10.1. The number of nitrogens with two attached hydrogens (primary N) is 1. The number of nitrogens with one attached hydrogen (secondary N) is 1. The molecular formula is C26H25N11O2. The van der Waals surface area contributed by atoms with Crippen LogP contribution in [0, 0.1) is 0 Å². The number of nitrogens with zero attached hydrogens (tertiary/aromatic N) is 9. The van der Waals surface area contributed by atoms with Crippen molar-refractivity contribution in [3.05, 3.63) is 66.4 Å². The van der Waals surface area contributed by atoms with Crippen molar-refractivity contribution in [2.45, 2.75) is 50.6 Å².